The van der Waals surface area contributed by atoms with Crippen LogP contribution in [0.25, 0.3) is 0 Å². The van der Waals surface area contributed by atoms with Gasteiger partial charge in [0.15, 0.2) is 0 Å². The van der Waals surface area contributed by atoms with Crippen LogP contribution < -0.4 is 4.72 Å². The van der Waals surface area contributed by atoms with E-state index < -0.39 is 22.0 Å². The zero-order valence-corrected chi connectivity index (χ0v) is 12.6. The molecule has 0 aromatic heterocycles. The Balaban J connectivity index is 2.56. The van der Waals surface area contributed by atoms with Gasteiger partial charge in [0, 0.05) is 13.1 Å². The van der Waals surface area contributed by atoms with Gasteiger partial charge in [0.25, 0.3) is 0 Å². The highest BCUT2D eigenvalue weighted by Crippen LogP contribution is 2.09. The van der Waals surface area contributed by atoms with Crippen molar-refractivity contribution < 1.29 is 18.3 Å². The summed E-state index contributed by atoms with van der Waals surface area (Å²) in [5.41, 5.74) is 0.985. The van der Waals surface area contributed by atoms with Gasteiger partial charge in [-0.1, -0.05) is 17.7 Å². The number of hydrogen-bond acceptors (Lipinski definition) is 4. The fourth-order valence-corrected chi connectivity index (χ4v) is 2.56. The fourth-order valence-electron chi connectivity index (χ4n) is 1.54. The molecule has 0 radical (unpaired) electrons. The highest BCUT2D eigenvalue weighted by atomic mass is 32.2. The molecule has 0 amide bonds. The summed E-state index contributed by atoms with van der Waals surface area (Å²) in [4.78, 5) is 12.5. The number of hydrogen-bond donors (Lipinski definition) is 2. The molecule has 7 heteroatoms. The van der Waals surface area contributed by atoms with Crippen molar-refractivity contribution in [2.45, 2.75) is 24.8 Å². The molecule has 0 saturated heterocycles. The van der Waals surface area contributed by atoms with Crippen molar-refractivity contribution in [3.63, 3.8) is 0 Å². The van der Waals surface area contributed by atoms with Crippen molar-refractivity contribution in [1.82, 2.24) is 9.62 Å². The molecule has 1 aromatic carbocycles. The van der Waals surface area contributed by atoms with Gasteiger partial charge >= 0.3 is 5.97 Å². The molecule has 1 aromatic rings. The van der Waals surface area contributed by atoms with Crippen LogP contribution in [-0.4, -0.2) is 50.6 Å². The van der Waals surface area contributed by atoms with Crippen LogP contribution in [0.15, 0.2) is 29.2 Å². The molecule has 0 aliphatic rings. The van der Waals surface area contributed by atoms with Crippen LogP contribution >= 0.6 is 0 Å². The second-order valence-electron chi connectivity index (χ2n) is 4.71. The van der Waals surface area contributed by atoms with Crippen LogP contribution in [0.2, 0.25) is 0 Å². The van der Waals surface area contributed by atoms with E-state index in [0.29, 0.717) is 6.54 Å². The summed E-state index contributed by atoms with van der Waals surface area (Å²) >= 11 is 0. The lowest BCUT2D eigenvalue weighted by Crippen LogP contribution is -2.40. The molecule has 0 heterocycles. The lowest BCUT2D eigenvalue weighted by molar-refractivity contribution is -0.142. The van der Waals surface area contributed by atoms with E-state index >= 15 is 0 Å². The first-order valence-corrected chi connectivity index (χ1v) is 7.72. The van der Waals surface area contributed by atoms with Crippen molar-refractivity contribution in [2.24, 2.45) is 0 Å². The van der Waals surface area contributed by atoms with Crippen LogP contribution in [0.1, 0.15) is 12.5 Å². The number of nitrogens with zero attached hydrogens (tertiary/aromatic N) is 1. The summed E-state index contributed by atoms with van der Waals surface area (Å²) in [6.45, 7) is 3.91. The first kappa shape index (κ1) is 16.6. The standard InChI is InChI=1S/C13H20N2O4S/c1-10-4-6-12(7-5-10)20(18,19)14-8-9-15(3)11(2)13(16)17/h4-7,11,14H,8-9H2,1-3H3,(H,16,17). The van der Waals surface area contributed by atoms with Gasteiger partial charge in [0.05, 0.1) is 4.90 Å². The number of sulfonamides is 1. The van der Waals surface area contributed by atoms with E-state index in [1.54, 1.807) is 43.1 Å². The van der Waals surface area contributed by atoms with Crippen molar-refractivity contribution in [3.05, 3.63) is 29.8 Å². The Hall–Kier alpha value is -1.44. The quantitative estimate of drug-likeness (QED) is 0.773. The Labute approximate surface area is 119 Å². The molecular formula is C13H20N2O4S. The minimum Gasteiger partial charge on any atom is -0.480 e. The second-order valence-corrected chi connectivity index (χ2v) is 6.47. The highest BCUT2D eigenvalue weighted by molar-refractivity contribution is 7.89. The monoisotopic (exact) mass is 300 g/mol. The number of rotatable bonds is 7. The van der Waals surface area contributed by atoms with Crippen LogP contribution in [0, 0.1) is 6.92 Å². The van der Waals surface area contributed by atoms with E-state index in [1.807, 2.05) is 6.92 Å². The Kier molecular flexibility index (Phi) is 5.67. The van der Waals surface area contributed by atoms with Crippen molar-refractivity contribution in [1.29, 1.82) is 0 Å². The molecule has 0 saturated carbocycles. The summed E-state index contributed by atoms with van der Waals surface area (Å²) in [6, 6.07) is 5.89. The lowest BCUT2D eigenvalue weighted by Gasteiger charge is -2.21. The number of likely N-dealkylation sites (N-methyl/N-ethyl adjacent to an activating group) is 1. The van der Waals surface area contributed by atoms with Gasteiger partial charge in [0.2, 0.25) is 10.0 Å². The Morgan fingerprint density at radius 2 is 1.90 bits per heavy atom. The minimum absolute atomic E-state index is 0.157. The van der Waals surface area contributed by atoms with Gasteiger partial charge in [-0.15, -0.1) is 0 Å². The fraction of sp³-hybridized carbons (Fsp3) is 0.462. The maximum Gasteiger partial charge on any atom is 0.320 e. The van der Waals surface area contributed by atoms with Crippen molar-refractivity contribution >= 4 is 16.0 Å². The molecule has 2 N–H and O–H groups in total. The maximum absolute atomic E-state index is 12.0. The van der Waals surface area contributed by atoms with Crippen LogP contribution in [-0.2, 0) is 14.8 Å². The third kappa shape index (κ3) is 4.59. The number of carboxylic acid groups (broad SMARTS) is 1. The first-order chi connectivity index (χ1) is 9.24. The molecule has 0 fully saturated rings. The summed E-state index contributed by atoms with van der Waals surface area (Å²) in [5.74, 6) is -0.936. The van der Waals surface area contributed by atoms with Gasteiger partial charge in [-0.2, -0.15) is 0 Å². The van der Waals surface area contributed by atoms with E-state index in [4.69, 9.17) is 5.11 Å². The van der Waals surface area contributed by atoms with Crippen LogP contribution in [0.5, 0.6) is 0 Å². The van der Waals surface area contributed by atoms with E-state index in [1.165, 1.54) is 0 Å². The first-order valence-electron chi connectivity index (χ1n) is 6.23. The molecule has 1 unspecified atom stereocenters. The minimum atomic E-state index is -3.54. The third-order valence-electron chi connectivity index (χ3n) is 3.11. The van der Waals surface area contributed by atoms with Gasteiger partial charge in [-0.25, -0.2) is 13.1 Å². The summed E-state index contributed by atoms with van der Waals surface area (Å²) in [6.07, 6.45) is 0. The molecule has 0 aliphatic carbocycles. The van der Waals surface area contributed by atoms with E-state index in [0.717, 1.165) is 5.56 Å². The van der Waals surface area contributed by atoms with Gasteiger partial charge in [-0.05, 0) is 33.0 Å². The molecule has 1 rings (SSSR count). The van der Waals surface area contributed by atoms with Crippen LogP contribution in [0.3, 0.4) is 0 Å². The summed E-state index contributed by atoms with van der Waals surface area (Å²) in [5, 5.41) is 8.84. The molecule has 20 heavy (non-hydrogen) atoms. The zero-order valence-electron chi connectivity index (χ0n) is 11.8. The number of carbonyl (C=O) groups is 1. The number of carboxylic acids is 1. The van der Waals surface area contributed by atoms with Gasteiger partial charge in [-0.3, -0.25) is 9.69 Å². The Morgan fingerprint density at radius 1 is 1.35 bits per heavy atom. The predicted octanol–water partition coefficient (Wildman–Crippen LogP) is 0.678. The number of nitrogens with one attached hydrogen (secondary N) is 1. The predicted molar refractivity (Wildman–Crippen MR) is 76.1 cm³/mol. The highest BCUT2D eigenvalue weighted by Gasteiger charge is 2.18. The Bertz CT molecular complexity index is 554. The van der Waals surface area contributed by atoms with E-state index in [9.17, 15) is 13.2 Å². The molecule has 112 valence electrons. The Morgan fingerprint density at radius 3 is 2.40 bits per heavy atom. The average molecular weight is 300 g/mol. The molecule has 1 atom stereocenters. The SMILES string of the molecule is Cc1ccc(S(=O)(=O)NCCN(C)C(C)C(=O)O)cc1. The second kappa shape index (κ2) is 6.83. The number of benzene rings is 1. The normalized spacial score (nSPS) is 13.4. The molecule has 0 bridgehead atoms. The molecule has 0 spiro atoms. The maximum atomic E-state index is 12.0. The van der Waals surface area contributed by atoms with Gasteiger partial charge in [0.1, 0.15) is 6.04 Å². The number of aryl methyl sites for hydroxylation is 1. The molecule has 0 aliphatic heterocycles. The van der Waals surface area contributed by atoms with E-state index in [2.05, 4.69) is 4.72 Å². The van der Waals surface area contributed by atoms with E-state index in [-0.39, 0.29) is 11.4 Å². The summed E-state index contributed by atoms with van der Waals surface area (Å²) in [7, 11) is -1.90. The smallest absolute Gasteiger partial charge is 0.320 e. The van der Waals surface area contributed by atoms with Crippen LogP contribution in [0.4, 0.5) is 0 Å². The third-order valence-corrected chi connectivity index (χ3v) is 4.58. The van der Waals surface area contributed by atoms with Gasteiger partial charge < -0.3 is 5.11 Å². The largest absolute Gasteiger partial charge is 0.480 e. The molecular weight excluding hydrogens is 280 g/mol. The molecule has 6 nitrogen and oxygen atoms in total. The van der Waals surface area contributed by atoms with Crippen molar-refractivity contribution in [2.75, 3.05) is 20.1 Å². The summed E-state index contributed by atoms with van der Waals surface area (Å²) < 4.78 is 26.4. The number of aliphatic carboxylic acids is 1. The average Bonchev–Trinajstić information content (AvgIpc) is 2.37. The lowest BCUT2D eigenvalue weighted by atomic mass is 10.2. The van der Waals surface area contributed by atoms with Crippen molar-refractivity contribution in [3.8, 4) is 0 Å². The zero-order chi connectivity index (χ0) is 15.3. The topological polar surface area (TPSA) is 86.7 Å².